The van der Waals surface area contributed by atoms with Gasteiger partial charge >= 0.3 is 6.18 Å². The van der Waals surface area contributed by atoms with Gasteiger partial charge in [0.15, 0.2) is 0 Å². The number of rotatable bonds is 6. The number of thioether (sulfide) groups is 1. The number of nitrogens with zero attached hydrogens (tertiary/aromatic N) is 3. The van der Waals surface area contributed by atoms with E-state index >= 15 is 0 Å². The average molecular weight is 405 g/mol. The molecule has 0 saturated carbocycles. The van der Waals surface area contributed by atoms with Gasteiger partial charge in [-0.3, -0.25) is 0 Å². The van der Waals surface area contributed by atoms with Crippen LogP contribution in [0.5, 0.6) is 0 Å². The van der Waals surface area contributed by atoms with Crippen LogP contribution in [-0.2, 0) is 11.9 Å². The minimum absolute atomic E-state index is 0.0478. The minimum atomic E-state index is -4.38. The van der Waals surface area contributed by atoms with Gasteiger partial charge in [0.25, 0.3) is 0 Å². The smallest absolute Gasteiger partial charge is 0.368 e. The van der Waals surface area contributed by atoms with Crippen LogP contribution in [-0.4, -0.2) is 15.0 Å². The molecule has 0 amide bonds. The monoisotopic (exact) mass is 405 g/mol. The lowest BCUT2D eigenvalue weighted by Crippen LogP contribution is -2.10. The molecule has 2 aromatic carbocycles. The fraction of sp³-hybridized carbons (Fsp3) is 0.211. The summed E-state index contributed by atoms with van der Waals surface area (Å²) < 4.78 is 39.4. The molecule has 0 radical (unpaired) electrons. The SMILES string of the molecule is CC(SCc1ccccc1C(F)(F)F)c1nc(N)nc(Nc2ccccc2)n1. The maximum atomic E-state index is 13.1. The van der Waals surface area contributed by atoms with Crippen molar-refractivity contribution in [3.05, 3.63) is 71.5 Å². The number of anilines is 3. The van der Waals surface area contributed by atoms with Crippen molar-refractivity contribution < 1.29 is 13.2 Å². The molecular weight excluding hydrogens is 387 g/mol. The van der Waals surface area contributed by atoms with E-state index in [1.807, 2.05) is 37.3 Å². The molecule has 0 bridgehead atoms. The van der Waals surface area contributed by atoms with Crippen LogP contribution in [0.1, 0.15) is 29.1 Å². The van der Waals surface area contributed by atoms with E-state index in [4.69, 9.17) is 5.73 Å². The second-order valence-corrected chi connectivity index (χ2v) is 7.30. The number of hydrogen-bond acceptors (Lipinski definition) is 6. The van der Waals surface area contributed by atoms with Crippen molar-refractivity contribution in [3.8, 4) is 0 Å². The van der Waals surface area contributed by atoms with Gasteiger partial charge in [0.05, 0.1) is 10.8 Å². The molecule has 0 aliphatic rings. The van der Waals surface area contributed by atoms with Crippen molar-refractivity contribution in [2.45, 2.75) is 24.1 Å². The Morgan fingerprint density at radius 3 is 2.39 bits per heavy atom. The normalized spacial score (nSPS) is 12.6. The lowest BCUT2D eigenvalue weighted by atomic mass is 10.1. The van der Waals surface area contributed by atoms with E-state index in [1.54, 1.807) is 6.07 Å². The maximum absolute atomic E-state index is 13.1. The quantitative estimate of drug-likeness (QED) is 0.586. The number of nitrogen functional groups attached to an aromatic ring is 1. The highest BCUT2D eigenvalue weighted by molar-refractivity contribution is 7.98. The van der Waals surface area contributed by atoms with E-state index in [2.05, 4.69) is 20.3 Å². The molecule has 0 aliphatic carbocycles. The van der Waals surface area contributed by atoms with Crippen molar-refractivity contribution in [1.29, 1.82) is 0 Å². The zero-order chi connectivity index (χ0) is 20.1. The molecule has 1 aromatic heterocycles. The average Bonchev–Trinajstić information content (AvgIpc) is 2.66. The van der Waals surface area contributed by atoms with E-state index in [-0.39, 0.29) is 28.5 Å². The summed E-state index contributed by atoms with van der Waals surface area (Å²) in [4.78, 5) is 12.5. The van der Waals surface area contributed by atoms with Crippen molar-refractivity contribution >= 4 is 29.3 Å². The predicted octanol–water partition coefficient (Wildman–Crippen LogP) is 5.21. The van der Waals surface area contributed by atoms with Crippen LogP contribution in [0.4, 0.5) is 30.8 Å². The van der Waals surface area contributed by atoms with Gasteiger partial charge in [0.1, 0.15) is 5.82 Å². The van der Waals surface area contributed by atoms with Gasteiger partial charge in [0, 0.05) is 11.4 Å². The number of alkyl halides is 3. The summed E-state index contributed by atoms with van der Waals surface area (Å²) in [5.41, 5.74) is 6.16. The summed E-state index contributed by atoms with van der Waals surface area (Å²) in [6, 6.07) is 14.9. The Bertz CT molecular complexity index is 934. The largest absolute Gasteiger partial charge is 0.416 e. The van der Waals surface area contributed by atoms with E-state index in [0.29, 0.717) is 5.82 Å². The van der Waals surface area contributed by atoms with Gasteiger partial charge in [0.2, 0.25) is 11.9 Å². The second-order valence-electron chi connectivity index (χ2n) is 5.97. The van der Waals surface area contributed by atoms with Crippen molar-refractivity contribution in [1.82, 2.24) is 15.0 Å². The summed E-state index contributed by atoms with van der Waals surface area (Å²) in [5.74, 6) is 0.910. The van der Waals surface area contributed by atoms with Crippen molar-refractivity contribution in [3.63, 3.8) is 0 Å². The maximum Gasteiger partial charge on any atom is 0.416 e. The summed E-state index contributed by atoms with van der Waals surface area (Å²) in [6.45, 7) is 1.82. The molecule has 0 aliphatic heterocycles. The molecule has 9 heteroatoms. The molecule has 3 aromatic rings. The first-order chi connectivity index (χ1) is 13.3. The van der Waals surface area contributed by atoms with Gasteiger partial charge in [-0.05, 0) is 30.7 Å². The number of aromatic nitrogens is 3. The molecule has 5 nitrogen and oxygen atoms in total. The first-order valence-electron chi connectivity index (χ1n) is 8.43. The van der Waals surface area contributed by atoms with Gasteiger partial charge in [-0.15, -0.1) is 11.8 Å². The van der Waals surface area contributed by atoms with Crippen LogP contribution in [0.2, 0.25) is 0 Å². The first-order valence-corrected chi connectivity index (χ1v) is 9.48. The van der Waals surface area contributed by atoms with Crippen molar-refractivity contribution in [2.24, 2.45) is 0 Å². The number of hydrogen-bond donors (Lipinski definition) is 2. The summed E-state index contributed by atoms with van der Waals surface area (Å²) in [6.07, 6.45) is -4.38. The van der Waals surface area contributed by atoms with Crippen LogP contribution in [0.3, 0.4) is 0 Å². The lowest BCUT2D eigenvalue weighted by molar-refractivity contribution is -0.138. The van der Waals surface area contributed by atoms with E-state index in [1.165, 1.54) is 23.9 Å². The fourth-order valence-electron chi connectivity index (χ4n) is 2.51. The van der Waals surface area contributed by atoms with Crippen LogP contribution in [0.15, 0.2) is 54.6 Å². The Kier molecular flexibility index (Phi) is 6.03. The van der Waals surface area contributed by atoms with Gasteiger partial charge in [-0.2, -0.15) is 28.1 Å². The lowest BCUT2D eigenvalue weighted by Gasteiger charge is -2.15. The summed E-state index contributed by atoms with van der Waals surface area (Å²) in [5, 5.41) is 2.77. The van der Waals surface area contributed by atoms with Crippen molar-refractivity contribution in [2.75, 3.05) is 11.1 Å². The van der Waals surface area contributed by atoms with Gasteiger partial charge < -0.3 is 11.1 Å². The highest BCUT2D eigenvalue weighted by Crippen LogP contribution is 2.36. The number of halogens is 3. The third-order valence-corrected chi connectivity index (χ3v) is 5.06. The van der Waals surface area contributed by atoms with Gasteiger partial charge in [-0.1, -0.05) is 36.4 Å². The molecule has 28 heavy (non-hydrogen) atoms. The number of benzene rings is 2. The zero-order valence-electron chi connectivity index (χ0n) is 14.9. The molecular formula is C19H18F3N5S. The Balaban J connectivity index is 1.74. The molecule has 1 unspecified atom stereocenters. The third-order valence-electron chi connectivity index (χ3n) is 3.88. The van der Waals surface area contributed by atoms with Crippen LogP contribution < -0.4 is 11.1 Å². The molecule has 1 heterocycles. The Labute approximate surface area is 164 Å². The minimum Gasteiger partial charge on any atom is -0.368 e. The molecule has 0 fully saturated rings. The Morgan fingerprint density at radius 1 is 1.00 bits per heavy atom. The van der Waals surface area contributed by atoms with Gasteiger partial charge in [-0.25, -0.2) is 0 Å². The molecule has 146 valence electrons. The van der Waals surface area contributed by atoms with E-state index in [0.717, 1.165) is 11.8 Å². The Hall–Kier alpha value is -2.81. The van der Waals surface area contributed by atoms with Crippen LogP contribution in [0, 0.1) is 0 Å². The molecule has 3 rings (SSSR count). The first kappa shape index (κ1) is 19.9. The molecule has 1 atom stereocenters. The molecule has 0 spiro atoms. The topological polar surface area (TPSA) is 76.7 Å². The summed E-state index contributed by atoms with van der Waals surface area (Å²) >= 11 is 1.30. The summed E-state index contributed by atoms with van der Waals surface area (Å²) in [7, 11) is 0. The highest BCUT2D eigenvalue weighted by Gasteiger charge is 2.32. The predicted molar refractivity (Wildman–Crippen MR) is 105 cm³/mol. The zero-order valence-corrected chi connectivity index (χ0v) is 15.8. The second kappa shape index (κ2) is 8.47. The number of para-hydroxylation sites is 1. The molecule has 3 N–H and O–H groups in total. The number of nitrogens with one attached hydrogen (secondary N) is 1. The van der Waals surface area contributed by atoms with Crippen LogP contribution in [0.25, 0.3) is 0 Å². The van der Waals surface area contributed by atoms with E-state index in [9.17, 15) is 13.2 Å². The van der Waals surface area contributed by atoms with Crippen LogP contribution >= 0.6 is 11.8 Å². The van der Waals surface area contributed by atoms with E-state index < -0.39 is 11.7 Å². The third kappa shape index (κ3) is 5.13. The Morgan fingerprint density at radius 2 is 1.68 bits per heavy atom. The standard InChI is InChI=1S/C19H18F3N5S/c1-12(28-11-13-7-5-6-10-15(13)19(20,21)22)16-25-17(23)27-18(26-16)24-14-8-3-2-4-9-14/h2-10,12H,11H2,1H3,(H3,23,24,25,26,27). The fourth-order valence-corrected chi connectivity index (χ4v) is 3.45. The highest BCUT2D eigenvalue weighted by atomic mass is 32.2. The molecule has 0 saturated heterocycles. The number of nitrogens with two attached hydrogens (primary N) is 1.